The fourth-order valence-electron chi connectivity index (χ4n) is 2.53. The standard InChI is InChI=1S/C15H15BrN4O/c1-8-9(2)20(15-13(8)14(17)18-7-19-15)10-4-5-11(16)12(6-10)21-3/h4-7H,1-3H3,(H2,17,18,19). The topological polar surface area (TPSA) is 66.0 Å². The number of nitrogens with zero attached hydrogens (tertiary/aromatic N) is 3. The number of hydrogen-bond acceptors (Lipinski definition) is 4. The van der Waals surface area contributed by atoms with Gasteiger partial charge >= 0.3 is 0 Å². The van der Waals surface area contributed by atoms with E-state index in [9.17, 15) is 0 Å². The largest absolute Gasteiger partial charge is 0.495 e. The number of rotatable bonds is 2. The van der Waals surface area contributed by atoms with E-state index in [1.165, 1.54) is 6.33 Å². The van der Waals surface area contributed by atoms with Gasteiger partial charge in [0.15, 0.2) is 5.65 Å². The molecule has 0 aliphatic rings. The van der Waals surface area contributed by atoms with Gasteiger partial charge in [-0.05, 0) is 47.5 Å². The number of anilines is 1. The molecule has 0 bridgehead atoms. The van der Waals surface area contributed by atoms with Gasteiger partial charge in [0, 0.05) is 11.8 Å². The Balaban J connectivity index is 2.35. The van der Waals surface area contributed by atoms with Gasteiger partial charge in [-0.25, -0.2) is 9.97 Å². The lowest BCUT2D eigenvalue weighted by atomic mass is 10.2. The van der Waals surface area contributed by atoms with Crippen molar-refractivity contribution in [1.29, 1.82) is 0 Å². The van der Waals surface area contributed by atoms with Crippen LogP contribution < -0.4 is 10.5 Å². The summed E-state index contributed by atoms with van der Waals surface area (Å²) >= 11 is 3.47. The van der Waals surface area contributed by atoms with Gasteiger partial charge in [-0.3, -0.25) is 4.57 Å². The molecule has 0 radical (unpaired) electrons. The molecule has 2 N–H and O–H groups in total. The van der Waals surface area contributed by atoms with E-state index in [1.807, 2.05) is 32.0 Å². The van der Waals surface area contributed by atoms with Crippen LogP contribution in [0.1, 0.15) is 11.3 Å². The van der Waals surface area contributed by atoms with E-state index in [0.29, 0.717) is 5.82 Å². The van der Waals surface area contributed by atoms with Gasteiger partial charge in [-0.1, -0.05) is 0 Å². The Kier molecular flexibility index (Phi) is 3.33. The number of nitrogens with two attached hydrogens (primary N) is 1. The van der Waals surface area contributed by atoms with Gasteiger partial charge in [0.1, 0.15) is 17.9 Å². The van der Waals surface area contributed by atoms with E-state index in [-0.39, 0.29) is 0 Å². The van der Waals surface area contributed by atoms with Gasteiger partial charge < -0.3 is 10.5 Å². The monoisotopic (exact) mass is 346 g/mol. The summed E-state index contributed by atoms with van der Waals surface area (Å²) in [4.78, 5) is 8.48. The number of benzene rings is 1. The molecule has 0 saturated carbocycles. The summed E-state index contributed by atoms with van der Waals surface area (Å²) in [6.45, 7) is 4.08. The number of aromatic nitrogens is 3. The van der Waals surface area contributed by atoms with Crippen LogP contribution in [0.15, 0.2) is 29.0 Å². The molecular weight excluding hydrogens is 332 g/mol. The highest BCUT2D eigenvalue weighted by Crippen LogP contribution is 2.33. The van der Waals surface area contributed by atoms with Crippen LogP contribution in [0.2, 0.25) is 0 Å². The smallest absolute Gasteiger partial charge is 0.150 e. The molecule has 3 rings (SSSR count). The minimum Gasteiger partial charge on any atom is -0.495 e. The summed E-state index contributed by atoms with van der Waals surface area (Å²) in [5.74, 6) is 1.27. The second kappa shape index (κ2) is 5.04. The average Bonchev–Trinajstić information content (AvgIpc) is 2.73. The van der Waals surface area contributed by atoms with Crippen molar-refractivity contribution in [2.45, 2.75) is 13.8 Å². The zero-order valence-electron chi connectivity index (χ0n) is 12.0. The first-order valence-corrected chi connectivity index (χ1v) is 7.26. The minimum atomic E-state index is 0.503. The SMILES string of the molecule is COc1cc(-n2c(C)c(C)c3c(N)ncnc32)ccc1Br. The minimum absolute atomic E-state index is 0.503. The summed E-state index contributed by atoms with van der Waals surface area (Å²) in [7, 11) is 1.65. The Morgan fingerprint density at radius 2 is 2.00 bits per heavy atom. The first kappa shape index (κ1) is 13.9. The number of hydrogen-bond donors (Lipinski definition) is 1. The molecule has 0 aliphatic heterocycles. The molecule has 2 aromatic heterocycles. The van der Waals surface area contributed by atoms with Crippen LogP contribution in [-0.4, -0.2) is 21.6 Å². The van der Waals surface area contributed by atoms with E-state index < -0.39 is 0 Å². The lowest BCUT2D eigenvalue weighted by Gasteiger charge is -2.11. The molecular formula is C15H15BrN4O. The first-order valence-electron chi connectivity index (χ1n) is 6.46. The Hall–Kier alpha value is -2.08. The van der Waals surface area contributed by atoms with Gasteiger partial charge in [0.05, 0.1) is 22.7 Å². The predicted octanol–water partition coefficient (Wildman–Crippen LogP) is 3.39. The number of methoxy groups -OCH3 is 1. The van der Waals surface area contributed by atoms with E-state index in [1.54, 1.807) is 7.11 Å². The van der Waals surface area contributed by atoms with Crippen molar-refractivity contribution in [3.63, 3.8) is 0 Å². The molecule has 6 heteroatoms. The van der Waals surface area contributed by atoms with Crippen LogP contribution >= 0.6 is 15.9 Å². The first-order chi connectivity index (χ1) is 10.0. The third-order valence-corrected chi connectivity index (χ3v) is 4.37. The average molecular weight is 347 g/mol. The normalized spacial score (nSPS) is 11.0. The van der Waals surface area contributed by atoms with E-state index in [4.69, 9.17) is 10.5 Å². The Bertz CT molecular complexity index is 841. The maximum absolute atomic E-state index is 6.00. The lowest BCUT2D eigenvalue weighted by Crippen LogP contribution is -2.00. The summed E-state index contributed by atoms with van der Waals surface area (Å²) < 4.78 is 8.35. The predicted molar refractivity (Wildman–Crippen MR) is 87.0 cm³/mol. The third kappa shape index (κ3) is 2.06. The van der Waals surface area contributed by atoms with E-state index >= 15 is 0 Å². The van der Waals surface area contributed by atoms with Crippen LogP contribution in [-0.2, 0) is 0 Å². The van der Waals surface area contributed by atoms with Crippen molar-refractivity contribution < 1.29 is 4.74 Å². The van der Waals surface area contributed by atoms with Gasteiger partial charge in [0.25, 0.3) is 0 Å². The molecule has 5 nitrogen and oxygen atoms in total. The summed E-state index contributed by atoms with van der Waals surface area (Å²) in [5.41, 5.74) is 9.96. The lowest BCUT2D eigenvalue weighted by molar-refractivity contribution is 0.412. The Morgan fingerprint density at radius 3 is 2.71 bits per heavy atom. The summed E-state index contributed by atoms with van der Waals surface area (Å²) in [6, 6.07) is 5.93. The third-order valence-electron chi connectivity index (χ3n) is 3.71. The second-order valence-electron chi connectivity index (χ2n) is 4.82. The van der Waals surface area contributed by atoms with Gasteiger partial charge in [-0.15, -0.1) is 0 Å². The van der Waals surface area contributed by atoms with E-state index in [0.717, 1.165) is 38.2 Å². The number of halogens is 1. The molecule has 0 spiro atoms. The molecule has 0 saturated heterocycles. The fourth-order valence-corrected chi connectivity index (χ4v) is 2.94. The molecule has 0 aliphatic carbocycles. The van der Waals surface area contributed by atoms with Crippen molar-refractivity contribution in [2.75, 3.05) is 12.8 Å². The molecule has 108 valence electrons. The molecule has 0 unspecified atom stereocenters. The van der Waals surface area contributed by atoms with Crippen molar-refractivity contribution in [2.24, 2.45) is 0 Å². The summed E-state index contributed by atoms with van der Waals surface area (Å²) in [5, 5.41) is 0.900. The maximum Gasteiger partial charge on any atom is 0.150 e. The van der Waals surface area contributed by atoms with Crippen molar-refractivity contribution in [3.8, 4) is 11.4 Å². The van der Waals surface area contributed by atoms with Crippen LogP contribution in [0.3, 0.4) is 0 Å². The van der Waals surface area contributed by atoms with Crippen LogP contribution in [0, 0.1) is 13.8 Å². The second-order valence-corrected chi connectivity index (χ2v) is 5.68. The van der Waals surface area contributed by atoms with E-state index in [2.05, 4.69) is 30.5 Å². The molecule has 2 heterocycles. The quantitative estimate of drug-likeness (QED) is 0.772. The fraction of sp³-hybridized carbons (Fsp3) is 0.200. The van der Waals surface area contributed by atoms with Gasteiger partial charge in [-0.2, -0.15) is 0 Å². The van der Waals surface area contributed by atoms with Crippen LogP contribution in [0.5, 0.6) is 5.75 Å². The number of ether oxygens (including phenoxy) is 1. The number of fused-ring (bicyclic) bond motifs is 1. The molecule has 1 aromatic carbocycles. The highest BCUT2D eigenvalue weighted by Gasteiger charge is 2.17. The Labute approximate surface area is 130 Å². The molecule has 0 fully saturated rings. The van der Waals surface area contributed by atoms with Crippen molar-refractivity contribution >= 4 is 32.8 Å². The number of nitrogen functional groups attached to an aromatic ring is 1. The molecule has 0 atom stereocenters. The highest BCUT2D eigenvalue weighted by molar-refractivity contribution is 9.10. The Morgan fingerprint density at radius 1 is 1.24 bits per heavy atom. The van der Waals surface area contributed by atoms with Gasteiger partial charge in [0.2, 0.25) is 0 Å². The summed E-state index contributed by atoms with van der Waals surface area (Å²) in [6.07, 6.45) is 1.49. The van der Waals surface area contributed by atoms with Crippen LogP contribution in [0.4, 0.5) is 5.82 Å². The zero-order chi connectivity index (χ0) is 15.1. The zero-order valence-corrected chi connectivity index (χ0v) is 13.6. The maximum atomic E-state index is 6.00. The van der Waals surface area contributed by atoms with Crippen molar-refractivity contribution in [3.05, 3.63) is 40.3 Å². The highest BCUT2D eigenvalue weighted by atomic mass is 79.9. The molecule has 3 aromatic rings. The molecule has 21 heavy (non-hydrogen) atoms. The van der Waals surface area contributed by atoms with Crippen LogP contribution in [0.25, 0.3) is 16.7 Å². The number of aryl methyl sites for hydroxylation is 1. The molecule has 0 amide bonds. The van der Waals surface area contributed by atoms with Crippen molar-refractivity contribution in [1.82, 2.24) is 14.5 Å².